The molecule has 0 aliphatic carbocycles. The van der Waals surface area contributed by atoms with Crippen LogP contribution >= 0.6 is 0 Å². The maximum absolute atomic E-state index is 12.4. The molecule has 0 unspecified atom stereocenters. The van der Waals surface area contributed by atoms with Crippen molar-refractivity contribution in [3.8, 4) is 17.6 Å². The Morgan fingerprint density at radius 3 is 2.45 bits per heavy atom. The van der Waals surface area contributed by atoms with Crippen LogP contribution in [0.3, 0.4) is 0 Å². The number of hydrogen-bond acceptors (Lipinski definition) is 7. The van der Waals surface area contributed by atoms with Gasteiger partial charge < -0.3 is 14.8 Å². The van der Waals surface area contributed by atoms with Gasteiger partial charge in [0.2, 0.25) is 0 Å². The maximum Gasteiger partial charge on any atom is 0.308 e. The highest BCUT2D eigenvalue weighted by Crippen LogP contribution is 2.29. The first-order valence-corrected chi connectivity index (χ1v) is 8.47. The summed E-state index contributed by atoms with van der Waals surface area (Å²) >= 11 is 0. The predicted molar refractivity (Wildman–Crippen MR) is 104 cm³/mol. The molecule has 0 aromatic heterocycles. The summed E-state index contributed by atoms with van der Waals surface area (Å²) in [5, 5.41) is 22.5. The number of carbonyl (C=O) groups is 2. The molecule has 0 fully saturated rings. The van der Waals surface area contributed by atoms with E-state index < -0.39 is 16.8 Å². The number of hydrogen-bond donors (Lipinski definition) is 1. The van der Waals surface area contributed by atoms with Crippen LogP contribution in [0.5, 0.6) is 11.5 Å². The molecule has 0 atom stereocenters. The summed E-state index contributed by atoms with van der Waals surface area (Å²) in [4.78, 5) is 33.7. The number of esters is 1. The Hall–Kier alpha value is -4.19. The van der Waals surface area contributed by atoms with Gasteiger partial charge in [-0.1, -0.05) is 6.07 Å². The molecule has 9 heteroatoms. The first-order valence-electron chi connectivity index (χ1n) is 8.47. The average molecular weight is 395 g/mol. The lowest BCUT2D eigenvalue weighted by atomic mass is 10.1. The molecule has 0 aliphatic heterocycles. The molecule has 1 N–H and O–H groups in total. The van der Waals surface area contributed by atoms with Crippen molar-refractivity contribution in [1.82, 2.24) is 0 Å². The standard InChI is InChI=1S/C20H17N3O6/c1-3-28-19-11-14(4-9-18(19)29-13(2)24)10-15(12-21)20(25)22-16-5-7-17(8-6-16)23(26)27/h4-11H,3H2,1-2H3,(H,22,25). The third kappa shape index (κ3) is 5.90. The molecule has 2 aromatic carbocycles. The van der Waals surface area contributed by atoms with Crippen molar-refractivity contribution in [3.05, 3.63) is 63.7 Å². The number of nitrogens with one attached hydrogen (secondary N) is 1. The van der Waals surface area contributed by atoms with Crippen LogP contribution in [0.1, 0.15) is 19.4 Å². The van der Waals surface area contributed by atoms with Gasteiger partial charge in [-0.2, -0.15) is 5.26 Å². The number of amides is 1. The molecule has 2 aromatic rings. The van der Waals surface area contributed by atoms with Gasteiger partial charge in [0.25, 0.3) is 11.6 Å². The summed E-state index contributed by atoms with van der Waals surface area (Å²) in [6.07, 6.45) is 1.35. The third-order valence-corrected chi connectivity index (χ3v) is 3.53. The predicted octanol–water partition coefficient (Wildman–Crippen LogP) is 3.46. The van der Waals surface area contributed by atoms with Crippen LogP contribution in [0.25, 0.3) is 6.08 Å². The Bertz CT molecular complexity index is 1010. The van der Waals surface area contributed by atoms with E-state index in [1.807, 2.05) is 6.07 Å². The molecule has 0 heterocycles. The zero-order valence-electron chi connectivity index (χ0n) is 15.7. The number of ether oxygens (including phenoxy) is 2. The van der Waals surface area contributed by atoms with Gasteiger partial charge in [0.05, 0.1) is 11.5 Å². The quantitative estimate of drug-likeness (QED) is 0.190. The fraction of sp³-hybridized carbons (Fsp3) is 0.150. The summed E-state index contributed by atoms with van der Waals surface area (Å²) in [5.41, 5.74) is 0.489. The first kappa shape index (κ1) is 21.1. The molecular formula is C20H17N3O6. The van der Waals surface area contributed by atoms with Crippen molar-refractivity contribution in [1.29, 1.82) is 5.26 Å². The highest BCUT2D eigenvalue weighted by Gasteiger charge is 2.13. The Morgan fingerprint density at radius 1 is 1.21 bits per heavy atom. The molecule has 1 amide bonds. The van der Waals surface area contributed by atoms with Crippen molar-refractivity contribution < 1.29 is 24.0 Å². The number of nitro benzene ring substituents is 1. The Morgan fingerprint density at radius 2 is 1.90 bits per heavy atom. The number of carbonyl (C=O) groups excluding carboxylic acids is 2. The molecular weight excluding hydrogens is 378 g/mol. The van der Waals surface area contributed by atoms with Gasteiger partial charge in [-0.05, 0) is 42.8 Å². The number of benzene rings is 2. The minimum Gasteiger partial charge on any atom is -0.490 e. The first-order chi connectivity index (χ1) is 13.8. The van der Waals surface area contributed by atoms with Crippen molar-refractivity contribution in [2.24, 2.45) is 0 Å². The van der Waals surface area contributed by atoms with Crippen molar-refractivity contribution in [3.63, 3.8) is 0 Å². The van der Waals surface area contributed by atoms with Crippen LogP contribution in [0.15, 0.2) is 48.0 Å². The zero-order chi connectivity index (χ0) is 21.4. The topological polar surface area (TPSA) is 132 Å². The number of nitrogens with zero attached hydrogens (tertiary/aromatic N) is 2. The minimum atomic E-state index is -0.677. The zero-order valence-corrected chi connectivity index (χ0v) is 15.7. The number of nitro groups is 1. The lowest BCUT2D eigenvalue weighted by molar-refractivity contribution is -0.384. The number of non-ortho nitro benzene ring substituents is 1. The summed E-state index contributed by atoms with van der Waals surface area (Å²) in [6, 6.07) is 11.6. The second-order valence-electron chi connectivity index (χ2n) is 5.66. The summed E-state index contributed by atoms with van der Waals surface area (Å²) in [5.74, 6) is -0.660. The van der Waals surface area contributed by atoms with Gasteiger partial charge in [-0.3, -0.25) is 19.7 Å². The summed E-state index contributed by atoms with van der Waals surface area (Å²) in [7, 11) is 0. The minimum absolute atomic E-state index is 0.115. The molecule has 0 spiro atoms. The summed E-state index contributed by atoms with van der Waals surface area (Å²) in [6.45, 7) is 3.35. The monoisotopic (exact) mass is 395 g/mol. The average Bonchev–Trinajstić information content (AvgIpc) is 2.68. The lowest BCUT2D eigenvalue weighted by Crippen LogP contribution is -2.13. The van der Waals surface area contributed by atoms with E-state index in [1.54, 1.807) is 13.0 Å². The number of nitriles is 1. The van der Waals surface area contributed by atoms with Crippen LogP contribution in [-0.4, -0.2) is 23.4 Å². The fourth-order valence-electron chi connectivity index (χ4n) is 2.30. The van der Waals surface area contributed by atoms with Crippen LogP contribution in [-0.2, 0) is 9.59 Å². The molecule has 148 valence electrons. The normalized spacial score (nSPS) is 10.6. The van der Waals surface area contributed by atoms with Crippen LogP contribution in [0.2, 0.25) is 0 Å². The highest BCUT2D eigenvalue weighted by atomic mass is 16.6. The largest absolute Gasteiger partial charge is 0.490 e. The Kier molecular flexibility index (Phi) is 7.03. The van der Waals surface area contributed by atoms with Crippen LogP contribution < -0.4 is 14.8 Å². The van der Waals surface area contributed by atoms with E-state index in [-0.39, 0.29) is 17.0 Å². The van der Waals surface area contributed by atoms with E-state index >= 15 is 0 Å². The van der Waals surface area contributed by atoms with E-state index in [4.69, 9.17) is 9.47 Å². The van der Waals surface area contributed by atoms with Crippen LogP contribution in [0, 0.1) is 21.4 Å². The molecule has 0 bridgehead atoms. The summed E-state index contributed by atoms with van der Waals surface area (Å²) < 4.78 is 10.5. The van der Waals surface area contributed by atoms with Gasteiger partial charge in [-0.15, -0.1) is 0 Å². The van der Waals surface area contributed by atoms with E-state index in [9.17, 15) is 25.0 Å². The van der Waals surface area contributed by atoms with E-state index in [1.165, 1.54) is 49.4 Å². The second-order valence-corrected chi connectivity index (χ2v) is 5.66. The second kappa shape index (κ2) is 9.66. The molecule has 0 saturated heterocycles. The molecule has 0 aliphatic rings. The van der Waals surface area contributed by atoms with Gasteiger partial charge in [0.15, 0.2) is 11.5 Å². The number of anilines is 1. The van der Waals surface area contributed by atoms with Gasteiger partial charge in [-0.25, -0.2) is 0 Å². The van der Waals surface area contributed by atoms with Crippen molar-refractivity contribution in [2.75, 3.05) is 11.9 Å². The SMILES string of the molecule is CCOc1cc(C=C(C#N)C(=O)Nc2ccc([N+](=O)[O-])cc2)ccc1OC(C)=O. The van der Waals surface area contributed by atoms with E-state index in [0.29, 0.717) is 23.6 Å². The molecule has 29 heavy (non-hydrogen) atoms. The molecule has 0 radical (unpaired) electrons. The third-order valence-electron chi connectivity index (χ3n) is 3.53. The van der Waals surface area contributed by atoms with E-state index in [2.05, 4.69) is 5.32 Å². The Balaban J connectivity index is 2.24. The Labute approximate surface area is 166 Å². The lowest BCUT2D eigenvalue weighted by Gasteiger charge is -2.10. The molecule has 2 rings (SSSR count). The van der Waals surface area contributed by atoms with Gasteiger partial charge >= 0.3 is 5.97 Å². The van der Waals surface area contributed by atoms with Crippen LogP contribution in [0.4, 0.5) is 11.4 Å². The number of rotatable bonds is 7. The smallest absolute Gasteiger partial charge is 0.308 e. The highest BCUT2D eigenvalue weighted by molar-refractivity contribution is 6.09. The maximum atomic E-state index is 12.4. The van der Waals surface area contributed by atoms with E-state index in [0.717, 1.165) is 0 Å². The van der Waals surface area contributed by atoms with Gasteiger partial charge in [0.1, 0.15) is 11.6 Å². The molecule has 0 saturated carbocycles. The van der Waals surface area contributed by atoms with Crippen molar-refractivity contribution >= 4 is 29.3 Å². The van der Waals surface area contributed by atoms with Crippen molar-refractivity contribution in [2.45, 2.75) is 13.8 Å². The molecule has 9 nitrogen and oxygen atoms in total. The van der Waals surface area contributed by atoms with Gasteiger partial charge in [0, 0.05) is 24.7 Å². The fourth-order valence-corrected chi connectivity index (χ4v) is 2.30.